The largest absolute Gasteiger partial charge is 0.382 e. The topological polar surface area (TPSA) is 59.0 Å². The third-order valence-corrected chi connectivity index (χ3v) is 4.85. The van der Waals surface area contributed by atoms with Gasteiger partial charge in [0, 0.05) is 30.2 Å². The van der Waals surface area contributed by atoms with E-state index >= 15 is 0 Å². The molecular formula is C19H26N4O. The standard InChI is InChI=1S/C19H26N4O/c1-13-18(14(2)23(3)22-13)19(24)21-17-11-9-16(10-12-17)20-15-7-5-4-6-8-15/h9-12,15,20H,4-8H2,1-3H3,(H,21,24). The first-order valence-electron chi connectivity index (χ1n) is 8.73. The predicted molar refractivity (Wildman–Crippen MR) is 97.6 cm³/mol. The van der Waals surface area contributed by atoms with Crippen LogP contribution in [0.3, 0.4) is 0 Å². The van der Waals surface area contributed by atoms with Crippen LogP contribution in [0.15, 0.2) is 24.3 Å². The predicted octanol–water partition coefficient (Wildman–Crippen LogP) is 4.03. The number of amides is 1. The first-order valence-corrected chi connectivity index (χ1v) is 8.73. The van der Waals surface area contributed by atoms with Crippen molar-refractivity contribution in [3.8, 4) is 0 Å². The van der Waals surface area contributed by atoms with Crippen LogP contribution in [-0.2, 0) is 7.05 Å². The number of hydrogen-bond donors (Lipinski definition) is 2. The minimum absolute atomic E-state index is 0.105. The molecule has 5 nitrogen and oxygen atoms in total. The van der Waals surface area contributed by atoms with Gasteiger partial charge in [-0.3, -0.25) is 9.48 Å². The molecule has 0 bridgehead atoms. The molecule has 3 rings (SSSR count). The van der Waals surface area contributed by atoms with Crippen molar-refractivity contribution in [1.29, 1.82) is 0 Å². The van der Waals surface area contributed by atoms with Gasteiger partial charge in [0.25, 0.3) is 5.91 Å². The number of anilines is 2. The van der Waals surface area contributed by atoms with E-state index in [0.29, 0.717) is 11.6 Å². The van der Waals surface area contributed by atoms with Crippen LogP contribution in [0, 0.1) is 13.8 Å². The van der Waals surface area contributed by atoms with Gasteiger partial charge in [-0.15, -0.1) is 0 Å². The summed E-state index contributed by atoms with van der Waals surface area (Å²) in [6.45, 7) is 3.77. The van der Waals surface area contributed by atoms with Crippen LogP contribution in [0.1, 0.15) is 53.8 Å². The second-order valence-electron chi connectivity index (χ2n) is 6.68. The van der Waals surface area contributed by atoms with E-state index in [1.54, 1.807) is 4.68 Å². The van der Waals surface area contributed by atoms with Crippen molar-refractivity contribution in [2.45, 2.75) is 52.0 Å². The summed E-state index contributed by atoms with van der Waals surface area (Å²) in [4.78, 5) is 12.5. The Hall–Kier alpha value is -2.30. The molecule has 1 aromatic carbocycles. The zero-order valence-corrected chi connectivity index (χ0v) is 14.7. The van der Waals surface area contributed by atoms with E-state index in [-0.39, 0.29) is 5.91 Å². The summed E-state index contributed by atoms with van der Waals surface area (Å²) in [5, 5.41) is 10.9. The van der Waals surface area contributed by atoms with E-state index in [2.05, 4.69) is 15.7 Å². The lowest BCUT2D eigenvalue weighted by Crippen LogP contribution is -2.22. The molecule has 1 aliphatic rings. The molecule has 1 fully saturated rings. The van der Waals surface area contributed by atoms with Crippen LogP contribution >= 0.6 is 0 Å². The lowest BCUT2D eigenvalue weighted by Gasteiger charge is -2.23. The highest BCUT2D eigenvalue weighted by Crippen LogP contribution is 2.23. The normalized spacial score (nSPS) is 15.3. The number of rotatable bonds is 4. The minimum Gasteiger partial charge on any atom is -0.382 e. The van der Waals surface area contributed by atoms with Gasteiger partial charge < -0.3 is 10.6 Å². The molecule has 0 spiro atoms. The van der Waals surface area contributed by atoms with Gasteiger partial charge in [-0.05, 0) is 51.0 Å². The maximum Gasteiger partial charge on any atom is 0.259 e. The van der Waals surface area contributed by atoms with Crippen molar-refractivity contribution in [2.75, 3.05) is 10.6 Å². The number of hydrogen-bond acceptors (Lipinski definition) is 3. The number of aryl methyl sites for hydroxylation is 2. The zero-order valence-electron chi connectivity index (χ0n) is 14.7. The van der Waals surface area contributed by atoms with Crippen molar-refractivity contribution in [3.05, 3.63) is 41.2 Å². The van der Waals surface area contributed by atoms with Crippen molar-refractivity contribution in [2.24, 2.45) is 7.05 Å². The molecule has 1 saturated carbocycles. The van der Waals surface area contributed by atoms with Gasteiger partial charge in [0.2, 0.25) is 0 Å². The number of benzene rings is 1. The lowest BCUT2D eigenvalue weighted by atomic mass is 9.95. The van der Waals surface area contributed by atoms with E-state index in [1.165, 1.54) is 32.1 Å². The SMILES string of the molecule is Cc1nn(C)c(C)c1C(=O)Nc1ccc(NC2CCCCC2)cc1. The summed E-state index contributed by atoms with van der Waals surface area (Å²) in [6.07, 6.45) is 6.48. The Morgan fingerprint density at radius 2 is 1.71 bits per heavy atom. The Kier molecular flexibility index (Phi) is 4.88. The molecular weight excluding hydrogens is 300 g/mol. The van der Waals surface area contributed by atoms with Crippen LogP contribution < -0.4 is 10.6 Å². The van der Waals surface area contributed by atoms with Gasteiger partial charge >= 0.3 is 0 Å². The van der Waals surface area contributed by atoms with Gasteiger partial charge in [-0.1, -0.05) is 19.3 Å². The van der Waals surface area contributed by atoms with E-state index in [4.69, 9.17) is 0 Å². The molecule has 0 radical (unpaired) electrons. The molecule has 0 saturated heterocycles. The Labute approximate surface area is 143 Å². The molecule has 0 unspecified atom stereocenters. The Bertz CT molecular complexity index is 712. The van der Waals surface area contributed by atoms with E-state index in [0.717, 1.165) is 22.8 Å². The summed E-state index contributed by atoms with van der Waals surface area (Å²) < 4.78 is 1.74. The fourth-order valence-electron chi connectivity index (χ4n) is 3.43. The third-order valence-electron chi connectivity index (χ3n) is 4.85. The van der Waals surface area contributed by atoms with Crippen LogP contribution in [-0.4, -0.2) is 21.7 Å². The van der Waals surface area contributed by atoms with Crippen molar-refractivity contribution >= 4 is 17.3 Å². The molecule has 24 heavy (non-hydrogen) atoms. The van der Waals surface area contributed by atoms with E-state index in [1.807, 2.05) is 45.2 Å². The molecule has 128 valence electrons. The second-order valence-corrected chi connectivity index (χ2v) is 6.68. The molecule has 2 N–H and O–H groups in total. The Morgan fingerprint density at radius 1 is 1.08 bits per heavy atom. The summed E-state index contributed by atoms with van der Waals surface area (Å²) in [6, 6.07) is 8.55. The number of aromatic nitrogens is 2. The average molecular weight is 326 g/mol. The minimum atomic E-state index is -0.105. The van der Waals surface area contributed by atoms with Crippen LogP contribution in [0.25, 0.3) is 0 Å². The number of carbonyl (C=O) groups excluding carboxylic acids is 1. The van der Waals surface area contributed by atoms with Crippen molar-refractivity contribution in [3.63, 3.8) is 0 Å². The van der Waals surface area contributed by atoms with Gasteiger partial charge in [0.05, 0.1) is 11.3 Å². The van der Waals surface area contributed by atoms with Crippen molar-refractivity contribution in [1.82, 2.24) is 9.78 Å². The van der Waals surface area contributed by atoms with Gasteiger partial charge in [0.1, 0.15) is 0 Å². The fourth-order valence-corrected chi connectivity index (χ4v) is 3.43. The highest BCUT2D eigenvalue weighted by Gasteiger charge is 2.17. The lowest BCUT2D eigenvalue weighted by molar-refractivity contribution is 0.102. The van der Waals surface area contributed by atoms with Crippen LogP contribution in [0.5, 0.6) is 0 Å². The summed E-state index contributed by atoms with van der Waals surface area (Å²) >= 11 is 0. The molecule has 2 aromatic rings. The molecule has 1 heterocycles. The highest BCUT2D eigenvalue weighted by atomic mass is 16.1. The first-order chi connectivity index (χ1) is 11.5. The highest BCUT2D eigenvalue weighted by molar-refractivity contribution is 6.05. The van der Waals surface area contributed by atoms with Gasteiger partial charge in [-0.25, -0.2) is 0 Å². The van der Waals surface area contributed by atoms with E-state index < -0.39 is 0 Å². The number of nitrogens with one attached hydrogen (secondary N) is 2. The Morgan fingerprint density at radius 3 is 2.29 bits per heavy atom. The average Bonchev–Trinajstić information content (AvgIpc) is 2.83. The van der Waals surface area contributed by atoms with Gasteiger partial charge in [-0.2, -0.15) is 5.10 Å². The molecule has 0 atom stereocenters. The maximum absolute atomic E-state index is 12.5. The molecule has 0 aliphatic heterocycles. The quantitative estimate of drug-likeness (QED) is 0.891. The second kappa shape index (κ2) is 7.07. The smallest absolute Gasteiger partial charge is 0.259 e. The molecule has 1 aromatic heterocycles. The zero-order chi connectivity index (χ0) is 17.1. The maximum atomic E-state index is 12.5. The summed E-state index contributed by atoms with van der Waals surface area (Å²) in [7, 11) is 1.85. The summed E-state index contributed by atoms with van der Waals surface area (Å²) in [5.74, 6) is -0.105. The van der Waals surface area contributed by atoms with Crippen LogP contribution in [0.2, 0.25) is 0 Å². The molecule has 5 heteroatoms. The monoisotopic (exact) mass is 326 g/mol. The Balaban J connectivity index is 1.64. The number of nitrogens with zero attached hydrogens (tertiary/aromatic N) is 2. The van der Waals surface area contributed by atoms with E-state index in [9.17, 15) is 4.79 Å². The fraction of sp³-hybridized carbons (Fsp3) is 0.474. The summed E-state index contributed by atoms with van der Waals surface area (Å²) in [5.41, 5.74) is 4.20. The van der Waals surface area contributed by atoms with Gasteiger partial charge in [0.15, 0.2) is 0 Å². The molecule has 1 amide bonds. The third kappa shape index (κ3) is 3.61. The number of carbonyl (C=O) groups is 1. The first kappa shape index (κ1) is 16.6. The molecule has 1 aliphatic carbocycles. The van der Waals surface area contributed by atoms with Crippen LogP contribution in [0.4, 0.5) is 11.4 Å². The van der Waals surface area contributed by atoms with Crippen molar-refractivity contribution < 1.29 is 4.79 Å².